The van der Waals surface area contributed by atoms with Gasteiger partial charge in [0.2, 0.25) is 0 Å². The predicted octanol–water partition coefficient (Wildman–Crippen LogP) is 0.715. The summed E-state index contributed by atoms with van der Waals surface area (Å²) in [6.45, 7) is 3.65. The Hall–Kier alpha value is -1.39. The number of aliphatic hydroxyl groups excluding tert-OH is 1. The second kappa shape index (κ2) is 5.63. The summed E-state index contributed by atoms with van der Waals surface area (Å²) in [6.07, 6.45) is 7.42. The maximum atomic E-state index is 11.5. The molecule has 1 aliphatic rings. The first kappa shape index (κ1) is 12.7. The summed E-state index contributed by atoms with van der Waals surface area (Å²) in [5.41, 5.74) is -1.32. The fourth-order valence-corrected chi connectivity index (χ4v) is 1.33. The molecule has 16 heavy (non-hydrogen) atoms. The lowest BCUT2D eigenvalue weighted by molar-refractivity contribution is -0.141. The summed E-state index contributed by atoms with van der Waals surface area (Å²) in [6, 6.07) is 0. The molecule has 0 aromatic heterocycles. The van der Waals surface area contributed by atoms with Crippen molar-refractivity contribution in [3.63, 3.8) is 0 Å². The van der Waals surface area contributed by atoms with Gasteiger partial charge in [-0.3, -0.25) is 0 Å². The molecule has 1 atom stereocenters. The van der Waals surface area contributed by atoms with Crippen molar-refractivity contribution in [2.45, 2.75) is 18.4 Å². The van der Waals surface area contributed by atoms with Crippen LogP contribution in [0.2, 0.25) is 0 Å². The van der Waals surface area contributed by atoms with Crippen molar-refractivity contribution >= 4 is 5.97 Å². The van der Waals surface area contributed by atoms with Crippen molar-refractivity contribution in [1.82, 2.24) is 0 Å². The highest BCUT2D eigenvalue weighted by atomic mass is 16.5. The Bertz CT molecular complexity index is 330. The normalized spacial score (nSPS) is 23.1. The third-order valence-electron chi connectivity index (χ3n) is 2.35. The highest BCUT2D eigenvalue weighted by Gasteiger charge is 2.32. The van der Waals surface area contributed by atoms with Crippen LogP contribution in [0.4, 0.5) is 0 Å². The van der Waals surface area contributed by atoms with Gasteiger partial charge in [0.1, 0.15) is 5.60 Å². The summed E-state index contributed by atoms with van der Waals surface area (Å²) in [7, 11) is 0. The molecular weight excluding hydrogens is 208 g/mol. The third-order valence-corrected chi connectivity index (χ3v) is 2.35. The molecule has 1 unspecified atom stereocenters. The molecule has 0 saturated heterocycles. The van der Waals surface area contributed by atoms with Gasteiger partial charge in [-0.1, -0.05) is 24.8 Å². The number of allylic oxidation sites excluding steroid dienone is 2. The van der Waals surface area contributed by atoms with Crippen LogP contribution < -0.4 is 0 Å². The molecular formula is C12H16O4. The van der Waals surface area contributed by atoms with E-state index >= 15 is 0 Å². The van der Waals surface area contributed by atoms with Crippen LogP contribution in [0.15, 0.2) is 36.5 Å². The second-order valence-corrected chi connectivity index (χ2v) is 3.61. The van der Waals surface area contributed by atoms with Crippen LogP contribution in [0.1, 0.15) is 12.8 Å². The van der Waals surface area contributed by atoms with Crippen molar-refractivity contribution in [2.75, 3.05) is 13.2 Å². The Morgan fingerprint density at radius 3 is 2.81 bits per heavy atom. The highest BCUT2D eigenvalue weighted by Crippen LogP contribution is 2.25. The van der Waals surface area contributed by atoms with Gasteiger partial charge in [-0.15, -0.1) is 0 Å². The van der Waals surface area contributed by atoms with Crippen LogP contribution in [0, 0.1) is 0 Å². The molecule has 0 fully saturated rings. The van der Waals surface area contributed by atoms with Gasteiger partial charge < -0.3 is 14.9 Å². The summed E-state index contributed by atoms with van der Waals surface area (Å²) in [5, 5.41) is 18.6. The minimum Gasteiger partial charge on any atom is -0.462 e. The number of aliphatic hydroxyl groups is 2. The summed E-state index contributed by atoms with van der Waals surface area (Å²) >= 11 is 0. The van der Waals surface area contributed by atoms with E-state index in [0.29, 0.717) is 12.8 Å². The molecule has 0 heterocycles. The lowest BCUT2D eigenvalue weighted by atomic mass is 9.88. The number of hydrogen-bond acceptors (Lipinski definition) is 4. The summed E-state index contributed by atoms with van der Waals surface area (Å²) in [5.74, 6) is -0.629. The standard InChI is InChI=1S/C12H16O4/c1-10(11(14)16-9-5-8-13)12(15)6-3-2-4-7-12/h2-4,6,13,15H,1,5,7-9H2. The van der Waals surface area contributed by atoms with E-state index in [1.165, 1.54) is 6.08 Å². The van der Waals surface area contributed by atoms with E-state index < -0.39 is 11.6 Å². The Morgan fingerprint density at radius 2 is 2.25 bits per heavy atom. The minimum atomic E-state index is -1.34. The Balaban J connectivity index is 2.53. The van der Waals surface area contributed by atoms with Crippen molar-refractivity contribution in [3.8, 4) is 0 Å². The molecule has 0 bridgehead atoms. The molecule has 88 valence electrons. The van der Waals surface area contributed by atoms with Crippen molar-refractivity contribution in [1.29, 1.82) is 0 Å². The first-order valence-electron chi connectivity index (χ1n) is 5.14. The van der Waals surface area contributed by atoms with E-state index in [9.17, 15) is 9.90 Å². The molecule has 0 amide bonds. The zero-order chi connectivity index (χ0) is 12.0. The molecule has 0 aromatic rings. The number of carbonyl (C=O) groups excluding carboxylic acids is 1. The van der Waals surface area contributed by atoms with Gasteiger partial charge in [0.15, 0.2) is 0 Å². The molecule has 1 aliphatic carbocycles. The number of hydrogen-bond donors (Lipinski definition) is 2. The molecule has 2 N–H and O–H groups in total. The Labute approximate surface area is 94.5 Å². The molecule has 0 aliphatic heterocycles. The van der Waals surface area contributed by atoms with Gasteiger partial charge >= 0.3 is 5.97 Å². The highest BCUT2D eigenvalue weighted by molar-refractivity contribution is 5.90. The smallest absolute Gasteiger partial charge is 0.336 e. The van der Waals surface area contributed by atoms with Crippen LogP contribution in [-0.4, -0.2) is 35.0 Å². The Morgan fingerprint density at radius 1 is 1.50 bits per heavy atom. The number of ether oxygens (including phenoxy) is 1. The molecule has 0 aromatic carbocycles. The number of esters is 1. The average Bonchev–Trinajstić information content (AvgIpc) is 2.29. The lowest BCUT2D eigenvalue weighted by Crippen LogP contribution is -2.33. The van der Waals surface area contributed by atoms with Crippen molar-refractivity contribution in [2.24, 2.45) is 0 Å². The monoisotopic (exact) mass is 224 g/mol. The van der Waals surface area contributed by atoms with E-state index in [-0.39, 0.29) is 18.8 Å². The van der Waals surface area contributed by atoms with Gasteiger partial charge in [-0.2, -0.15) is 0 Å². The summed E-state index contributed by atoms with van der Waals surface area (Å²) in [4.78, 5) is 11.5. The van der Waals surface area contributed by atoms with Gasteiger partial charge in [-0.25, -0.2) is 4.79 Å². The van der Waals surface area contributed by atoms with E-state index in [2.05, 4.69) is 6.58 Å². The maximum Gasteiger partial charge on any atom is 0.336 e. The molecule has 0 spiro atoms. The first-order chi connectivity index (χ1) is 7.60. The maximum absolute atomic E-state index is 11.5. The van der Waals surface area contributed by atoms with Crippen molar-refractivity contribution < 1.29 is 19.7 Å². The minimum absolute atomic E-state index is 0.0195. The van der Waals surface area contributed by atoms with Gasteiger partial charge in [0.25, 0.3) is 0 Å². The quantitative estimate of drug-likeness (QED) is 0.410. The van der Waals surface area contributed by atoms with Crippen LogP contribution >= 0.6 is 0 Å². The molecule has 4 nitrogen and oxygen atoms in total. The topological polar surface area (TPSA) is 66.8 Å². The van der Waals surface area contributed by atoms with E-state index in [1.54, 1.807) is 18.2 Å². The van der Waals surface area contributed by atoms with E-state index in [0.717, 1.165) is 0 Å². The second-order valence-electron chi connectivity index (χ2n) is 3.61. The number of rotatable bonds is 5. The molecule has 4 heteroatoms. The lowest BCUT2D eigenvalue weighted by Gasteiger charge is -2.25. The first-order valence-corrected chi connectivity index (χ1v) is 5.14. The van der Waals surface area contributed by atoms with Crippen LogP contribution in [0.25, 0.3) is 0 Å². The van der Waals surface area contributed by atoms with Gasteiger partial charge in [0.05, 0.1) is 12.2 Å². The molecule has 1 rings (SSSR count). The van der Waals surface area contributed by atoms with Crippen molar-refractivity contribution in [3.05, 3.63) is 36.5 Å². The fourth-order valence-electron chi connectivity index (χ4n) is 1.33. The molecule has 0 saturated carbocycles. The van der Waals surface area contributed by atoms with Gasteiger partial charge in [-0.05, 0) is 6.08 Å². The SMILES string of the molecule is C=C(C(=O)OCCCO)C1(O)C=CC=CC1. The van der Waals surface area contributed by atoms with E-state index in [1.807, 2.05) is 0 Å². The van der Waals surface area contributed by atoms with E-state index in [4.69, 9.17) is 9.84 Å². The number of carbonyl (C=O) groups is 1. The average molecular weight is 224 g/mol. The van der Waals surface area contributed by atoms with Crippen LogP contribution in [0.5, 0.6) is 0 Å². The largest absolute Gasteiger partial charge is 0.462 e. The molecule has 0 radical (unpaired) electrons. The summed E-state index contributed by atoms with van der Waals surface area (Å²) < 4.78 is 4.85. The Kier molecular flexibility index (Phi) is 4.46. The third kappa shape index (κ3) is 3.05. The zero-order valence-corrected chi connectivity index (χ0v) is 9.06. The van der Waals surface area contributed by atoms with Crippen LogP contribution in [-0.2, 0) is 9.53 Å². The fraction of sp³-hybridized carbons (Fsp3) is 0.417. The predicted molar refractivity (Wildman–Crippen MR) is 59.6 cm³/mol. The van der Waals surface area contributed by atoms with Crippen LogP contribution in [0.3, 0.4) is 0 Å². The zero-order valence-electron chi connectivity index (χ0n) is 9.06. The van der Waals surface area contributed by atoms with Gasteiger partial charge in [0, 0.05) is 19.4 Å².